The third-order valence-corrected chi connectivity index (χ3v) is 3.30. The van der Waals surface area contributed by atoms with E-state index in [9.17, 15) is 4.79 Å². The molecule has 0 unspecified atom stereocenters. The first kappa shape index (κ1) is 9.93. The minimum atomic E-state index is 0.127. The molecule has 0 radical (unpaired) electrons. The highest BCUT2D eigenvalue weighted by Crippen LogP contribution is 2.33. The Balaban J connectivity index is 2.06. The first-order chi connectivity index (χ1) is 6.72. The fourth-order valence-electron chi connectivity index (χ4n) is 2.59. The zero-order valence-corrected chi connectivity index (χ0v) is 8.48. The standard InChI is InChI=1S/C10H17NO3/c1-7(13)11-2-3-14-10-5-8(6-12)4-9(10)11/h8-10,12H,2-6H2,1H3/t8-,9+,10+/m1/s1. The van der Waals surface area contributed by atoms with Crippen LogP contribution in [-0.2, 0) is 9.53 Å². The number of aliphatic hydroxyl groups is 1. The van der Waals surface area contributed by atoms with Gasteiger partial charge in [0.2, 0.25) is 5.91 Å². The molecule has 0 aromatic rings. The topological polar surface area (TPSA) is 49.8 Å². The number of nitrogens with zero attached hydrogens (tertiary/aromatic N) is 1. The van der Waals surface area contributed by atoms with Gasteiger partial charge in [-0.1, -0.05) is 0 Å². The largest absolute Gasteiger partial charge is 0.396 e. The minimum absolute atomic E-state index is 0.127. The Morgan fingerprint density at radius 3 is 3.00 bits per heavy atom. The summed E-state index contributed by atoms with van der Waals surface area (Å²) >= 11 is 0. The monoisotopic (exact) mass is 199 g/mol. The summed E-state index contributed by atoms with van der Waals surface area (Å²) < 4.78 is 5.61. The van der Waals surface area contributed by atoms with Gasteiger partial charge >= 0.3 is 0 Å². The molecule has 0 bridgehead atoms. The van der Waals surface area contributed by atoms with Gasteiger partial charge in [0.15, 0.2) is 0 Å². The summed E-state index contributed by atoms with van der Waals surface area (Å²) in [5, 5.41) is 9.08. The van der Waals surface area contributed by atoms with E-state index in [0.717, 1.165) is 12.8 Å². The van der Waals surface area contributed by atoms with Crippen LogP contribution < -0.4 is 0 Å². The molecular formula is C10H17NO3. The Morgan fingerprint density at radius 2 is 2.36 bits per heavy atom. The summed E-state index contributed by atoms with van der Waals surface area (Å²) in [6, 6.07) is 0.207. The van der Waals surface area contributed by atoms with Crippen molar-refractivity contribution in [3.63, 3.8) is 0 Å². The molecule has 1 N–H and O–H groups in total. The summed E-state index contributed by atoms with van der Waals surface area (Å²) in [5.74, 6) is 0.437. The van der Waals surface area contributed by atoms with Crippen molar-refractivity contribution in [1.29, 1.82) is 0 Å². The van der Waals surface area contributed by atoms with Gasteiger partial charge in [-0.3, -0.25) is 4.79 Å². The van der Waals surface area contributed by atoms with E-state index in [2.05, 4.69) is 0 Å². The molecule has 1 aliphatic heterocycles. The van der Waals surface area contributed by atoms with Crippen LogP contribution >= 0.6 is 0 Å². The lowest BCUT2D eigenvalue weighted by molar-refractivity contribution is -0.141. The Hall–Kier alpha value is -0.610. The molecule has 1 aliphatic carbocycles. The van der Waals surface area contributed by atoms with Crippen LogP contribution in [0.3, 0.4) is 0 Å². The smallest absolute Gasteiger partial charge is 0.219 e. The van der Waals surface area contributed by atoms with Crippen LogP contribution in [0.25, 0.3) is 0 Å². The number of rotatable bonds is 1. The van der Waals surface area contributed by atoms with Crippen LogP contribution in [0.15, 0.2) is 0 Å². The molecule has 1 saturated carbocycles. The van der Waals surface area contributed by atoms with Crippen molar-refractivity contribution in [3.8, 4) is 0 Å². The van der Waals surface area contributed by atoms with E-state index in [1.165, 1.54) is 0 Å². The highest BCUT2D eigenvalue weighted by Gasteiger charge is 2.41. The lowest BCUT2D eigenvalue weighted by atomic mass is 10.1. The Kier molecular flexibility index (Phi) is 2.74. The normalized spacial score (nSPS) is 37.0. The van der Waals surface area contributed by atoms with Gasteiger partial charge in [0.25, 0.3) is 0 Å². The van der Waals surface area contributed by atoms with E-state index in [1.54, 1.807) is 6.92 Å². The Bertz CT molecular complexity index is 231. The van der Waals surface area contributed by atoms with Crippen molar-refractivity contribution in [2.45, 2.75) is 31.9 Å². The van der Waals surface area contributed by atoms with Crippen molar-refractivity contribution in [3.05, 3.63) is 0 Å². The first-order valence-electron chi connectivity index (χ1n) is 5.22. The Morgan fingerprint density at radius 1 is 1.57 bits per heavy atom. The second-order valence-electron chi connectivity index (χ2n) is 4.21. The molecule has 0 aromatic carbocycles. The molecule has 4 heteroatoms. The predicted octanol–water partition coefficient (Wildman–Crippen LogP) is 0.00460. The van der Waals surface area contributed by atoms with Gasteiger partial charge < -0.3 is 14.7 Å². The molecule has 4 nitrogen and oxygen atoms in total. The number of morpholine rings is 1. The zero-order valence-electron chi connectivity index (χ0n) is 8.48. The molecule has 0 aromatic heterocycles. The van der Waals surface area contributed by atoms with Crippen LogP contribution in [0.5, 0.6) is 0 Å². The van der Waals surface area contributed by atoms with Crippen molar-refractivity contribution in [2.24, 2.45) is 5.92 Å². The maximum absolute atomic E-state index is 11.3. The van der Waals surface area contributed by atoms with E-state index in [-0.39, 0.29) is 24.7 Å². The number of carbonyl (C=O) groups is 1. The van der Waals surface area contributed by atoms with Gasteiger partial charge in [-0.25, -0.2) is 0 Å². The van der Waals surface area contributed by atoms with Crippen molar-refractivity contribution < 1.29 is 14.6 Å². The van der Waals surface area contributed by atoms with E-state index < -0.39 is 0 Å². The number of fused-ring (bicyclic) bond motifs is 1. The average molecular weight is 199 g/mol. The fraction of sp³-hybridized carbons (Fsp3) is 0.900. The maximum atomic E-state index is 11.3. The van der Waals surface area contributed by atoms with Crippen molar-refractivity contribution >= 4 is 5.91 Å². The third-order valence-electron chi connectivity index (χ3n) is 3.30. The van der Waals surface area contributed by atoms with Gasteiger partial charge in [-0.2, -0.15) is 0 Å². The van der Waals surface area contributed by atoms with Crippen LogP contribution in [-0.4, -0.2) is 47.8 Å². The molecule has 1 amide bonds. The predicted molar refractivity (Wildman–Crippen MR) is 50.7 cm³/mol. The minimum Gasteiger partial charge on any atom is -0.396 e. The van der Waals surface area contributed by atoms with Gasteiger partial charge in [-0.05, 0) is 18.8 Å². The van der Waals surface area contributed by atoms with Crippen LogP contribution in [0.2, 0.25) is 0 Å². The lowest BCUT2D eigenvalue weighted by Gasteiger charge is -2.36. The molecule has 2 rings (SSSR count). The van der Waals surface area contributed by atoms with E-state index in [4.69, 9.17) is 9.84 Å². The molecule has 1 saturated heterocycles. The average Bonchev–Trinajstić information content (AvgIpc) is 2.59. The zero-order chi connectivity index (χ0) is 10.1. The van der Waals surface area contributed by atoms with Gasteiger partial charge in [0.1, 0.15) is 0 Å². The van der Waals surface area contributed by atoms with Gasteiger partial charge in [0.05, 0.1) is 18.8 Å². The SMILES string of the molecule is CC(=O)N1CCO[C@H]2C[C@H](CO)C[C@@H]21. The third kappa shape index (κ3) is 1.64. The molecule has 3 atom stereocenters. The number of hydrogen-bond acceptors (Lipinski definition) is 3. The van der Waals surface area contributed by atoms with Crippen LogP contribution in [0.1, 0.15) is 19.8 Å². The fourth-order valence-corrected chi connectivity index (χ4v) is 2.59. The van der Waals surface area contributed by atoms with Crippen LogP contribution in [0.4, 0.5) is 0 Å². The van der Waals surface area contributed by atoms with Gasteiger partial charge in [-0.15, -0.1) is 0 Å². The van der Waals surface area contributed by atoms with E-state index >= 15 is 0 Å². The van der Waals surface area contributed by atoms with Crippen LogP contribution in [0, 0.1) is 5.92 Å². The summed E-state index contributed by atoms with van der Waals surface area (Å²) in [4.78, 5) is 13.2. The number of carbonyl (C=O) groups excluding carboxylic acids is 1. The molecule has 2 fully saturated rings. The number of ether oxygens (including phenoxy) is 1. The molecule has 14 heavy (non-hydrogen) atoms. The highest BCUT2D eigenvalue weighted by atomic mass is 16.5. The number of aliphatic hydroxyl groups excluding tert-OH is 1. The maximum Gasteiger partial charge on any atom is 0.219 e. The van der Waals surface area contributed by atoms with Gasteiger partial charge in [0, 0.05) is 20.1 Å². The number of hydrogen-bond donors (Lipinski definition) is 1. The van der Waals surface area contributed by atoms with E-state index in [1.807, 2.05) is 4.90 Å². The lowest BCUT2D eigenvalue weighted by Crippen LogP contribution is -2.50. The number of amides is 1. The highest BCUT2D eigenvalue weighted by molar-refractivity contribution is 5.73. The summed E-state index contributed by atoms with van der Waals surface area (Å²) in [7, 11) is 0. The van der Waals surface area contributed by atoms with Crippen molar-refractivity contribution in [2.75, 3.05) is 19.8 Å². The summed E-state index contributed by atoms with van der Waals surface area (Å²) in [6.45, 7) is 3.16. The summed E-state index contributed by atoms with van der Waals surface area (Å²) in [6.07, 6.45) is 1.94. The second-order valence-corrected chi connectivity index (χ2v) is 4.21. The quantitative estimate of drug-likeness (QED) is 0.647. The molecule has 0 spiro atoms. The molecular weight excluding hydrogens is 182 g/mol. The first-order valence-corrected chi connectivity index (χ1v) is 5.22. The molecule has 2 aliphatic rings. The van der Waals surface area contributed by atoms with E-state index in [0.29, 0.717) is 19.1 Å². The molecule has 80 valence electrons. The Labute approximate surface area is 83.8 Å². The second kappa shape index (κ2) is 3.87. The molecule has 1 heterocycles. The van der Waals surface area contributed by atoms with Crippen molar-refractivity contribution in [1.82, 2.24) is 4.90 Å². The summed E-state index contributed by atoms with van der Waals surface area (Å²) in [5.41, 5.74) is 0.